The number of carbonyl (C=O) groups is 1. The van der Waals surface area contributed by atoms with Crippen molar-refractivity contribution in [2.45, 2.75) is 69.8 Å². The third-order valence-corrected chi connectivity index (χ3v) is 6.43. The van der Waals surface area contributed by atoms with Gasteiger partial charge < -0.3 is 16.0 Å². The number of halogens is 6. The maximum Gasteiger partial charge on any atom is 0.416 e. The summed E-state index contributed by atoms with van der Waals surface area (Å²) in [6.45, 7) is 2.86. The number of benzene rings is 2. The van der Waals surface area contributed by atoms with Crippen LogP contribution in [0.4, 0.5) is 36.8 Å². The lowest BCUT2D eigenvalue weighted by Crippen LogP contribution is -2.35. The minimum Gasteiger partial charge on any atom is -0.337 e. The lowest BCUT2D eigenvalue weighted by Gasteiger charge is -2.25. The number of nitrogens with one attached hydrogen (secondary N) is 3. The Labute approximate surface area is 206 Å². The zero-order valence-electron chi connectivity index (χ0n) is 20.0. The summed E-state index contributed by atoms with van der Waals surface area (Å²) in [7, 11) is 0. The third kappa shape index (κ3) is 8.43. The van der Waals surface area contributed by atoms with Crippen LogP contribution in [0, 0.1) is 6.92 Å². The highest BCUT2D eigenvalue weighted by Gasteiger charge is 2.37. The lowest BCUT2D eigenvalue weighted by atomic mass is 9.93. The van der Waals surface area contributed by atoms with Crippen LogP contribution >= 0.6 is 0 Å². The van der Waals surface area contributed by atoms with Crippen LogP contribution in [-0.4, -0.2) is 25.2 Å². The molecule has 1 aliphatic rings. The predicted octanol–water partition coefficient (Wildman–Crippen LogP) is 7.25. The Hall–Kier alpha value is -2.75. The molecule has 0 saturated heterocycles. The lowest BCUT2D eigenvalue weighted by molar-refractivity contribution is -0.143. The molecular formula is C26H31F6N3O. The van der Waals surface area contributed by atoms with Crippen LogP contribution in [0.25, 0.3) is 0 Å². The number of hydrogen-bond donors (Lipinski definition) is 3. The molecule has 0 aliphatic heterocycles. The van der Waals surface area contributed by atoms with Crippen LogP contribution in [0.3, 0.4) is 0 Å². The first kappa shape index (κ1) is 27.8. The Bertz CT molecular complexity index is 966. The topological polar surface area (TPSA) is 53.2 Å². The van der Waals surface area contributed by atoms with Gasteiger partial charge in [0.15, 0.2) is 0 Å². The SMILES string of the molecule is Cc1ccc(C(CCNC2CCCCC2)CNC(=O)Nc2cc(C(F)(F)F)cc(C(F)(F)F)c2)cc1. The van der Waals surface area contributed by atoms with Gasteiger partial charge >= 0.3 is 18.4 Å². The summed E-state index contributed by atoms with van der Waals surface area (Å²) in [6, 6.07) is 8.43. The van der Waals surface area contributed by atoms with Gasteiger partial charge in [-0.1, -0.05) is 49.1 Å². The average molecular weight is 516 g/mol. The van der Waals surface area contributed by atoms with Crippen LogP contribution in [0.15, 0.2) is 42.5 Å². The molecule has 0 radical (unpaired) electrons. The van der Waals surface area contributed by atoms with Crippen LogP contribution in [0.2, 0.25) is 0 Å². The molecule has 36 heavy (non-hydrogen) atoms. The number of rotatable bonds is 8. The fourth-order valence-corrected chi connectivity index (χ4v) is 4.41. The second-order valence-corrected chi connectivity index (χ2v) is 9.31. The predicted molar refractivity (Wildman–Crippen MR) is 127 cm³/mol. The van der Waals surface area contributed by atoms with Crippen molar-refractivity contribution in [3.63, 3.8) is 0 Å². The Morgan fingerprint density at radius 1 is 0.917 bits per heavy atom. The van der Waals surface area contributed by atoms with Crippen molar-refractivity contribution < 1.29 is 31.1 Å². The Morgan fingerprint density at radius 2 is 1.50 bits per heavy atom. The first-order valence-corrected chi connectivity index (χ1v) is 12.1. The van der Waals surface area contributed by atoms with Gasteiger partial charge in [-0.2, -0.15) is 26.3 Å². The van der Waals surface area contributed by atoms with Crippen molar-refractivity contribution in [3.8, 4) is 0 Å². The average Bonchev–Trinajstić information content (AvgIpc) is 2.81. The van der Waals surface area contributed by atoms with E-state index in [9.17, 15) is 31.1 Å². The van der Waals surface area contributed by atoms with Crippen molar-refractivity contribution >= 4 is 11.7 Å². The van der Waals surface area contributed by atoms with Crippen molar-refractivity contribution in [1.29, 1.82) is 0 Å². The van der Waals surface area contributed by atoms with E-state index in [1.54, 1.807) is 0 Å². The summed E-state index contributed by atoms with van der Waals surface area (Å²) in [6.07, 6.45) is -3.36. The standard InChI is InChI=1S/C26H31F6N3O/c1-17-7-9-18(10-8-17)19(11-12-33-22-5-3-2-4-6-22)16-34-24(36)35-23-14-20(25(27,28)29)13-21(15-23)26(30,31)32/h7-10,13-15,19,22,33H,2-6,11-12,16H2,1H3,(H2,34,35,36). The Kier molecular flexibility index (Phi) is 9.27. The first-order valence-electron chi connectivity index (χ1n) is 12.1. The second-order valence-electron chi connectivity index (χ2n) is 9.31. The molecule has 2 aromatic rings. The van der Waals surface area contributed by atoms with Crippen molar-refractivity contribution in [3.05, 3.63) is 64.7 Å². The number of urea groups is 1. The molecule has 0 bridgehead atoms. The summed E-state index contributed by atoms with van der Waals surface area (Å²) in [4.78, 5) is 12.4. The molecule has 1 aliphatic carbocycles. The highest BCUT2D eigenvalue weighted by Crippen LogP contribution is 2.37. The van der Waals surface area contributed by atoms with E-state index >= 15 is 0 Å². The number of anilines is 1. The van der Waals surface area contributed by atoms with E-state index in [0.29, 0.717) is 24.6 Å². The number of alkyl halides is 6. The minimum absolute atomic E-state index is 0.0236. The Morgan fingerprint density at radius 3 is 2.06 bits per heavy atom. The van der Waals surface area contributed by atoms with Gasteiger partial charge in [-0.05, 0) is 56.5 Å². The first-order chi connectivity index (χ1) is 16.9. The molecule has 1 saturated carbocycles. The minimum atomic E-state index is -4.99. The monoisotopic (exact) mass is 515 g/mol. The second kappa shape index (κ2) is 12.0. The number of aryl methyl sites for hydroxylation is 1. The van der Waals surface area contributed by atoms with Crippen LogP contribution in [-0.2, 0) is 12.4 Å². The van der Waals surface area contributed by atoms with Gasteiger partial charge in [0, 0.05) is 24.2 Å². The molecule has 2 aromatic carbocycles. The smallest absolute Gasteiger partial charge is 0.337 e. The van der Waals surface area contributed by atoms with Gasteiger partial charge in [0.25, 0.3) is 0 Å². The van der Waals surface area contributed by atoms with Gasteiger partial charge in [0.2, 0.25) is 0 Å². The molecule has 1 atom stereocenters. The molecule has 0 heterocycles. The van der Waals surface area contributed by atoms with Gasteiger partial charge in [-0.15, -0.1) is 0 Å². The van der Waals surface area contributed by atoms with Crippen molar-refractivity contribution in [2.24, 2.45) is 0 Å². The van der Waals surface area contributed by atoms with Crippen LogP contribution in [0.1, 0.15) is 66.7 Å². The van der Waals surface area contributed by atoms with E-state index in [1.807, 2.05) is 31.2 Å². The van der Waals surface area contributed by atoms with E-state index in [2.05, 4.69) is 16.0 Å². The number of hydrogen-bond acceptors (Lipinski definition) is 2. The van der Waals surface area contributed by atoms with Gasteiger partial charge in [-0.3, -0.25) is 0 Å². The molecule has 1 fully saturated rings. The summed E-state index contributed by atoms with van der Waals surface area (Å²) < 4.78 is 78.6. The fourth-order valence-electron chi connectivity index (χ4n) is 4.41. The zero-order chi connectivity index (χ0) is 26.3. The normalized spacial score (nSPS) is 16.0. The zero-order valence-corrected chi connectivity index (χ0v) is 20.0. The molecule has 3 N–H and O–H groups in total. The third-order valence-electron chi connectivity index (χ3n) is 6.43. The largest absolute Gasteiger partial charge is 0.416 e. The van der Waals surface area contributed by atoms with E-state index in [1.165, 1.54) is 19.3 Å². The molecule has 3 rings (SSSR count). The molecule has 0 aromatic heterocycles. The van der Waals surface area contributed by atoms with Crippen molar-refractivity contribution in [2.75, 3.05) is 18.4 Å². The summed E-state index contributed by atoms with van der Waals surface area (Å²) in [5.74, 6) is -0.0836. The fraction of sp³-hybridized carbons (Fsp3) is 0.500. The molecule has 10 heteroatoms. The van der Waals surface area contributed by atoms with E-state index in [-0.39, 0.29) is 18.5 Å². The van der Waals surface area contributed by atoms with E-state index < -0.39 is 35.2 Å². The number of carbonyl (C=O) groups excluding carboxylic acids is 1. The molecule has 0 spiro atoms. The van der Waals surface area contributed by atoms with Crippen molar-refractivity contribution in [1.82, 2.24) is 10.6 Å². The summed E-state index contributed by atoms with van der Waals surface area (Å²) in [5, 5.41) is 8.29. The summed E-state index contributed by atoms with van der Waals surface area (Å²) in [5.41, 5.74) is -1.49. The maximum atomic E-state index is 13.1. The summed E-state index contributed by atoms with van der Waals surface area (Å²) >= 11 is 0. The van der Waals surface area contributed by atoms with Gasteiger partial charge in [0.1, 0.15) is 0 Å². The van der Waals surface area contributed by atoms with Crippen LogP contribution < -0.4 is 16.0 Å². The highest BCUT2D eigenvalue weighted by atomic mass is 19.4. The van der Waals surface area contributed by atoms with Gasteiger partial charge in [0.05, 0.1) is 11.1 Å². The van der Waals surface area contributed by atoms with Gasteiger partial charge in [-0.25, -0.2) is 4.79 Å². The van der Waals surface area contributed by atoms with E-state index in [4.69, 9.17) is 0 Å². The molecule has 2 amide bonds. The Balaban J connectivity index is 1.65. The maximum absolute atomic E-state index is 13.1. The van der Waals surface area contributed by atoms with E-state index in [0.717, 1.165) is 30.5 Å². The number of amides is 2. The highest BCUT2D eigenvalue weighted by molar-refractivity contribution is 5.89. The molecule has 4 nitrogen and oxygen atoms in total. The molecule has 198 valence electrons. The quantitative estimate of drug-likeness (QED) is 0.325. The van der Waals surface area contributed by atoms with Crippen LogP contribution in [0.5, 0.6) is 0 Å². The molecule has 1 unspecified atom stereocenters. The molecular weight excluding hydrogens is 484 g/mol.